The summed E-state index contributed by atoms with van der Waals surface area (Å²) < 4.78 is 0. The summed E-state index contributed by atoms with van der Waals surface area (Å²) in [5.74, 6) is 0. The van der Waals surface area contributed by atoms with Gasteiger partial charge in [-0.05, 0) is 24.6 Å². The zero-order valence-corrected chi connectivity index (χ0v) is 11.8. The minimum Gasteiger partial charge on any atom is -0.483 e. The van der Waals surface area contributed by atoms with Crippen LogP contribution in [0.4, 0.5) is 0 Å². The third kappa shape index (κ3) is 5.06. The first-order valence-corrected chi connectivity index (χ1v) is 6.41. The van der Waals surface area contributed by atoms with Crippen molar-refractivity contribution in [1.29, 1.82) is 0 Å². The van der Waals surface area contributed by atoms with Crippen LogP contribution in [0.5, 0.6) is 0 Å². The number of rotatable bonds is 5. The van der Waals surface area contributed by atoms with E-state index in [0.717, 1.165) is 17.7 Å². The van der Waals surface area contributed by atoms with Crippen molar-refractivity contribution in [2.45, 2.75) is 18.9 Å². The molecule has 21 heavy (non-hydrogen) atoms. The molecule has 0 aliphatic carbocycles. The molecule has 1 atom stereocenters. The van der Waals surface area contributed by atoms with Crippen molar-refractivity contribution < 1.29 is 14.7 Å². The predicted octanol–water partition coefficient (Wildman–Crippen LogP) is 1.99. The Morgan fingerprint density at radius 1 is 1.14 bits per heavy atom. The van der Waals surface area contributed by atoms with Gasteiger partial charge in [-0.3, -0.25) is 14.6 Å². The van der Waals surface area contributed by atoms with Gasteiger partial charge in [0.1, 0.15) is 0 Å². The zero-order valence-electron chi connectivity index (χ0n) is 11.8. The zero-order chi connectivity index (χ0) is 15.6. The van der Waals surface area contributed by atoms with Gasteiger partial charge in [0.25, 0.3) is 6.47 Å². The summed E-state index contributed by atoms with van der Waals surface area (Å²) in [6.45, 7) is 1.76. The number of carbonyl (C=O) groups excluding carboxylic acids is 1. The number of nitrogens with zero attached hydrogens (tertiary/aromatic N) is 1. The number of aromatic nitrogens is 1. The van der Waals surface area contributed by atoms with Crippen molar-refractivity contribution in [3.63, 3.8) is 0 Å². The summed E-state index contributed by atoms with van der Waals surface area (Å²) in [6, 6.07) is 15.7. The highest BCUT2D eigenvalue weighted by atomic mass is 16.3. The van der Waals surface area contributed by atoms with Crippen molar-refractivity contribution in [3.05, 3.63) is 66.0 Å². The lowest BCUT2D eigenvalue weighted by atomic mass is 9.87. The van der Waals surface area contributed by atoms with E-state index in [0.29, 0.717) is 6.42 Å². The lowest BCUT2D eigenvalue weighted by Gasteiger charge is -2.29. The van der Waals surface area contributed by atoms with E-state index < -0.39 is 5.54 Å². The van der Waals surface area contributed by atoms with E-state index in [4.69, 9.17) is 9.90 Å². The van der Waals surface area contributed by atoms with Crippen molar-refractivity contribution in [1.82, 2.24) is 10.3 Å². The molecule has 2 rings (SSSR count). The van der Waals surface area contributed by atoms with Gasteiger partial charge < -0.3 is 10.4 Å². The third-order valence-electron chi connectivity index (χ3n) is 3.05. The lowest BCUT2D eigenvalue weighted by molar-refractivity contribution is -0.122. The van der Waals surface area contributed by atoms with Crippen LogP contribution in [-0.4, -0.2) is 23.0 Å². The average Bonchev–Trinajstić information content (AvgIpc) is 2.50. The highest BCUT2D eigenvalue weighted by molar-refractivity contribution is 5.49. The van der Waals surface area contributed by atoms with E-state index in [9.17, 15) is 4.79 Å². The number of carboxylic acid groups (broad SMARTS) is 1. The number of nitrogens with one attached hydrogen (secondary N) is 1. The molecular weight excluding hydrogens is 268 g/mol. The molecule has 0 aliphatic rings. The monoisotopic (exact) mass is 286 g/mol. The molecule has 0 aliphatic heterocycles. The maximum atomic E-state index is 10.9. The first kappa shape index (κ1) is 16.4. The molecule has 0 radical (unpaired) electrons. The van der Waals surface area contributed by atoms with Gasteiger partial charge in [0.05, 0.1) is 5.54 Å². The van der Waals surface area contributed by atoms with E-state index in [1.165, 1.54) is 0 Å². The number of amides is 1. The Labute approximate surface area is 123 Å². The van der Waals surface area contributed by atoms with Crippen LogP contribution in [0.25, 0.3) is 0 Å². The number of hydrogen-bond donors (Lipinski definition) is 2. The molecule has 5 heteroatoms. The maximum absolute atomic E-state index is 10.9. The molecule has 1 heterocycles. The molecule has 1 amide bonds. The topological polar surface area (TPSA) is 79.3 Å². The second kappa shape index (κ2) is 8.47. The summed E-state index contributed by atoms with van der Waals surface area (Å²) in [5.41, 5.74) is 1.60. The lowest BCUT2D eigenvalue weighted by Crippen LogP contribution is -2.40. The standard InChI is InChI=1S/C15H16N2O.CH2O2/c1-15(17-12-18,13-7-3-2-4-8-13)11-14-9-5-6-10-16-14;2-1-3/h2-10,12H,11H2,1H3,(H,17,18);1H,(H,2,3). The van der Waals surface area contributed by atoms with Gasteiger partial charge in [0.15, 0.2) is 0 Å². The molecule has 1 aromatic heterocycles. The summed E-state index contributed by atoms with van der Waals surface area (Å²) in [6.07, 6.45) is 3.17. The van der Waals surface area contributed by atoms with E-state index >= 15 is 0 Å². The van der Waals surface area contributed by atoms with Crippen LogP contribution in [0.3, 0.4) is 0 Å². The van der Waals surface area contributed by atoms with Gasteiger partial charge >= 0.3 is 0 Å². The van der Waals surface area contributed by atoms with Crippen LogP contribution >= 0.6 is 0 Å². The molecule has 0 saturated heterocycles. The van der Waals surface area contributed by atoms with E-state index in [1.54, 1.807) is 6.20 Å². The number of pyridine rings is 1. The summed E-state index contributed by atoms with van der Waals surface area (Å²) in [5, 5.41) is 9.79. The predicted molar refractivity (Wildman–Crippen MR) is 79.6 cm³/mol. The van der Waals surface area contributed by atoms with E-state index in [-0.39, 0.29) is 6.47 Å². The fraction of sp³-hybridized carbons (Fsp3) is 0.188. The smallest absolute Gasteiger partial charge is 0.290 e. The van der Waals surface area contributed by atoms with Crippen molar-refractivity contribution >= 4 is 12.9 Å². The van der Waals surface area contributed by atoms with Crippen molar-refractivity contribution in [2.75, 3.05) is 0 Å². The molecule has 2 N–H and O–H groups in total. The molecule has 0 fully saturated rings. The molecule has 0 saturated carbocycles. The SMILES string of the molecule is CC(Cc1ccccn1)(NC=O)c1ccccc1.O=CO. The first-order chi connectivity index (χ1) is 10.2. The molecule has 0 spiro atoms. The van der Waals surface area contributed by atoms with Gasteiger partial charge in [-0.2, -0.15) is 0 Å². The third-order valence-corrected chi connectivity index (χ3v) is 3.05. The minimum atomic E-state index is -0.433. The number of benzene rings is 1. The molecule has 0 bridgehead atoms. The Balaban J connectivity index is 0.000000677. The second-order valence-electron chi connectivity index (χ2n) is 4.56. The van der Waals surface area contributed by atoms with E-state index in [2.05, 4.69) is 10.3 Å². The van der Waals surface area contributed by atoms with Gasteiger partial charge in [0, 0.05) is 18.3 Å². The second-order valence-corrected chi connectivity index (χ2v) is 4.56. The van der Waals surface area contributed by atoms with Crippen LogP contribution < -0.4 is 5.32 Å². The fourth-order valence-electron chi connectivity index (χ4n) is 2.04. The Morgan fingerprint density at radius 3 is 2.29 bits per heavy atom. The first-order valence-electron chi connectivity index (χ1n) is 6.41. The molecule has 110 valence electrons. The Hall–Kier alpha value is -2.69. The molecule has 1 aromatic carbocycles. The van der Waals surface area contributed by atoms with Gasteiger partial charge in [-0.1, -0.05) is 36.4 Å². The Bertz CT molecular complexity index is 546. The summed E-state index contributed by atoms with van der Waals surface area (Å²) in [4.78, 5) is 23.5. The quantitative estimate of drug-likeness (QED) is 0.824. The highest BCUT2D eigenvalue weighted by Crippen LogP contribution is 2.24. The van der Waals surface area contributed by atoms with Gasteiger partial charge in [0.2, 0.25) is 6.41 Å². The Morgan fingerprint density at radius 2 is 1.76 bits per heavy atom. The average molecular weight is 286 g/mol. The van der Waals surface area contributed by atoms with Crippen LogP contribution in [0.2, 0.25) is 0 Å². The molecule has 1 unspecified atom stereocenters. The molecule has 5 nitrogen and oxygen atoms in total. The summed E-state index contributed by atoms with van der Waals surface area (Å²) in [7, 11) is 0. The normalized spacial score (nSPS) is 12.2. The maximum Gasteiger partial charge on any atom is 0.290 e. The van der Waals surface area contributed by atoms with Gasteiger partial charge in [-0.15, -0.1) is 0 Å². The van der Waals surface area contributed by atoms with Crippen molar-refractivity contribution in [2.24, 2.45) is 0 Å². The fourth-order valence-corrected chi connectivity index (χ4v) is 2.04. The van der Waals surface area contributed by atoms with Gasteiger partial charge in [-0.25, -0.2) is 0 Å². The largest absolute Gasteiger partial charge is 0.483 e. The van der Waals surface area contributed by atoms with Crippen LogP contribution in [0.1, 0.15) is 18.2 Å². The number of carbonyl (C=O) groups is 2. The van der Waals surface area contributed by atoms with Crippen LogP contribution in [0, 0.1) is 0 Å². The highest BCUT2D eigenvalue weighted by Gasteiger charge is 2.26. The minimum absolute atomic E-state index is 0.250. The van der Waals surface area contributed by atoms with E-state index in [1.807, 2.05) is 55.5 Å². The Kier molecular flexibility index (Phi) is 6.60. The van der Waals surface area contributed by atoms with Crippen LogP contribution in [-0.2, 0) is 21.5 Å². The molecular formula is C16H18N2O3. The number of hydrogen-bond acceptors (Lipinski definition) is 3. The summed E-state index contributed by atoms with van der Waals surface area (Å²) >= 11 is 0. The molecule has 2 aromatic rings. The van der Waals surface area contributed by atoms with Crippen LogP contribution in [0.15, 0.2) is 54.7 Å². The van der Waals surface area contributed by atoms with Crippen molar-refractivity contribution in [3.8, 4) is 0 Å².